The molecule has 0 saturated carbocycles. The van der Waals surface area contributed by atoms with Gasteiger partial charge in [0.25, 0.3) is 0 Å². The molecule has 1 aromatic rings. The fourth-order valence-corrected chi connectivity index (χ4v) is 2.51. The summed E-state index contributed by atoms with van der Waals surface area (Å²) in [6, 6.07) is 6.45. The van der Waals surface area contributed by atoms with Crippen LogP contribution in [0.2, 0.25) is 0 Å². The molecule has 0 unspecified atom stereocenters. The summed E-state index contributed by atoms with van der Waals surface area (Å²) >= 11 is 1.75. The van der Waals surface area contributed by atoms with Crippen LogP contribution < -0.4 is 5.32 Å². The summed E-state index contributed by atoms with van der Waals surface area (Å²) in [6.07, 6.45) is 2.79. The summed E-state index contributed by atoms with van der Waals surface area (Å²) < 4.78 is 0. The molecule has 1 N–H and O–H groups in total. The van der Waals surface area contributed by atoms with Crippen molar-refractivity contribution in [1.29, 1.82) is 0 Å². The smallest absolute Gasteiger partial charge is 0.220 e. The van der Waals surface area contributed by atoms with Gasteiger partial charge in [0.1, 0.15) is 0 Å². The highest BCUT2D eigenvalue weighted by molar-refractivity contribution is 7.99. The quantitative estimate of drug-likeness (QED) is 0.601. The number of hydrogen-bond acceptors (Lipinski definition) is 2. The number of hydrogen-bond donors (Lipinski definition) is 1. The maximum Gasteiger partial charge on any atom is 0.220 e. The molecule has 0 aromatic heterocycles. The van der Waals surface area contributed by atoms with E-state index in [-0.39, 0.29) is 5.91 Å². The Morgan fingerprint density at radius 2 is 2.06 bits per heavy atom. The van der Waals surface area contributed by atoms with Gasteiger partial charge in [-0.05, 0) is 43.5 Å². The fraction of sp³-hybridized carbons (Fsp3) is 0.533. The van der Waals surface area contributed by atoms with Crippen LogP contribution in [0, 0.1) is 13.8 Å². The Kier molecular flexibility index (Phi) is 6.88. The molecule has 18 heavy (non-hydrogen) atoms. The van der Waals surface area contributed by atoms with Crippen molar-refractivity contribution in [2.24, 2.45) is 0 Å². The van der Waals surface area contributed by atoms with Gasteiger partial charge < -0.3 is 5.32 Å². The highest BCUT2D eigenvalue weighted by Gasteiger charge is 2.02. The summed E-state index contributed by atoms with van der Waals surface area (Å²) in [4.78, 5) is 12.8. The zero-order valence-electron chi connectivity index (χ0n) is 11.6. The van der Waals surface area contributed by atoms with Gasteiger partial charge in [0.2, 0.25) is 5.91 Å². The van der Waals surface area contributed by atoms with E-state index in [9.17, 15) is 4.79 Å². The summed E-state index contributed by atoms with van der Waals surface area (Å²) in [5, 5.41) is 2.94. The van der Waals surface area contributed by atoms with Crippen molar-refractivity contribution >= 4 is 17.7 Å². The van der Waals surface area contributed by atoms with E-state index in [0.717, 1.165) is 25.1 Å². The van der Waals surface area contributed by atoms with Crippen molar-refractivity contribution in [3.63, 3.8) is 0 Å². The van der Waals surface area contributed by atoms with Crippen LogP contribution in [0.25, 0.3) is 0 Å². The van der Waals surface area contributed by atoms with Crippen LogP contribution in [0.3, 0.4) is 0 Å². The Morgan fingerprint density at radius 3 is 2.72 bits per heavy atom. The molecule has 0 radical (unpaired) electrons. The second-order valence-corrected chi connectivity index (χ2v) is 5.72. The molecule has 0 atom stereocenters. The topological polar surface area (TPSA) is 29.1 Å². The SMILES string of the molecule is CCCCNC(=O)CCSc1ccc(C)c(C)c1. The van der Waals surface area contributed by atoms with Gasteiger partial charge in [0.05, 0.1) is 0 Å². The van der Waals surface area contributed by atoms with E-state index in [1.54, 1.807) is 11.8 Å². The van der Waals surface area contributed by atoms with Gasteiger partial charge in [-0.2, -0.15) is 0 Å². The lowest BCUT2D eigenvalue weighted by Gasteiger charge is -2.06. The Bertz CT molecular complexity index is 390. The first-order valence-corrected chi connectivity index (χ1v) is 7.58. The molecular weight excluding hydrogens is 242 g/mol. The van der Waals surface area contributed by atoms with Crippen LogP contribution in [-0.4, -0.2) is 18.2 Å². The lowest BCUT2D eigenvalue weighted by atomic mass is 10.1. The fourth-order valence-electron chi connectivity index (χ4n) is 1.56. The number of carbonyl (C=O) groups excluding carboxylic acids is 1. The zero-order chi connectivity index (χ0) is 13.4. The van der Waals surface area contributed by atoms with Gasteiger partial charge in [-0.15, -0.1) is 11.8 Å². The number of unbranched alkanes of at least 4 members (excludes halogenated alkanes) is 1. The van der Waals surface area contributed by atoms with Crippen LogP contribution in [0.5, 0.6) is 0 Å². The molecule has 0 heterocycles. The number of aryl methyl sites for hydroxylation is 2. The average molecular weight is 265 g/mol. The van der Waals surface area contributed by atoms with E-state index in [4.69, 9.17) is 0 Å². The number of rotatable bonds is 7. The molecule has 0 saturated heterocycles. The van der Waals surface area contributed by atoms with Gasteiger partial charge in [0.15, 0.2) is 0 Å². The third-order valence-corrected chi connectivity index (χ3v) is 3.92. The third-order valence-electron chi connectivity index (χ3n) is 2.93. The average Bonchev–Trinajstić information content (AvgIpc) is 2.34. The highest BCUT2D eigenvalue weighted by atomic mass is 32.2. The largest absolute Gasteiger partial charge is 0.356 e. The van der Waals surface area contributed by atoms with Crippen LogP contribution >= 0.6 is 11.8 Å². The molecule has 0 fully saturated rings. The number of thioether (sulfide) groups is 1. The minimum Gasteiger partial charge on any atom is -0.356 e. The van der Waals surface area contributed by atoms with Gasteiger partial charge in [-0.25, -0.2) is 0 Å². The normalized spacial score (nSPS) is 10.4. The van der Waals surface area contributed by atoms with Crippen LogP contribution in [0.4, 0.5) is 0 Å². The first-order chi connectivity index (χ1) is 8.63. The van der Waals surface area contributed by atoms with Gasteiger partial charge in [0, 0.05) is 23.6 Å². The second-order valence-electron chi connectivity index (χ2n) is 4.55. The summed E-state index contributed by atoms with van der Waals surface area (Å²) in [5.41, 5.74) is 2.63. The molecule has 1 aromatic carbocycles. The van der Waals surface area contributed by atoms with Gasteiger partial charge in [-0.3, -0.25) is 4.79 Å². The Hall–Kier alpha value is -0.960. The summed E-state index contributed by atoms with van der Waals surface area (Å²) in [7, 11) is 0. The Labute approximate surface area is 115 Å². The lowest BCUT2D eigenvalue weighted by Crippen LogP contribution is -2.24. The third kappa shape index (κ3) is 5.58. The van der Waals surface area contributed by atoms with Crippen LogP contribution in [0.15, 0.2) is 23.1 Å². The number of nitrogens with one attached hydrogen (secondary N) is 1. The van der Waals surface area contributed by atoms with Crippen LogP contribution in [0.1, 0.15) is 37.3 Å². The Balaban J connectivity index is 2.24. The molecule has 0 spiro atoms. The van der Waals surface area contributed by atoms with Crippen molar-refractivity contribution in [3.05, 3.63) is 29.3 Å². The molecule has 100 valence electrons. The second kappa shape index (κ2) is 8.20. The van der Waals surface area contributed by atoms with Crippen molar-refractivity contribution in [1.82, 2.24) is 5.32 Å². The maximum absolute atomic E-state index is 11.5. The van der Waals surface area contributed by atoms with Crippen LogP contribution in [-0.2, 0) is 4.79 Å². The van der Waals surface area contributed by atoms with E-state index in [2.05, 4.69) is 44.3 Å². The van der Waals surface area contributed by atoms with E-state index in [1.807, 2.05) is 0 Å². The molecule has 0 aliphatic heterocycles. The minimum atomic E-state index is 0.166. The molecule has 1 rings (SSSR count). The van der Waals surface area contributed by atoms with Gasteiger partial charge >= 0.3 is 0 Å². The zero-order valence-corrected chi connectivity index (χ0v) is 12.4. The standard InChI is InChI=1S/C15H23NOS/c1-4-5-9-16-15(17)8-10-18-14-7-6-12(2)13(3)11-14/h6-7,11H,4-5,8-10H2,1-3H3,(H,16,17). The van der Waals surface area contributed by atoms with E-state index in [0.29, 0.717) is 6.42 Å². The highest BCUT2D eigenvalue weighted by Crippen LogP contribution is 2.21. The summed E-state index contributed by atoms with van der Waals surface area (Å²) in [5.74, 6) is 1.01. The van der Waals surface area contributed by atoms with E-state index >= 15 is 0 Å². The Morgan fingerprint density at radius 1 is 1.28 bits per heavy atom. The molecule has 0 aliphatic rings. The van der Waals surface area contributed by atoms with Crippen molar-refractivity contribution < 1.29 is 4.79 Å². The molecular formula is C15H23NOS. The number of benzene rings is 1. The summed E-state index contributed by atoms with van der Waals surface area (Å²) in [6.45, 7) is 7.17. The lowest BCUT2D eigenvalue weighted by molar-refractivity contribution is -0.120. The van der Waals surface area contributed by atoms with E-state index < -0.39 is 0 Å². The number of carbonyl (C=O) groups is 1. The molecule has 3 heteroatoms. The number of amides is 1. The predicted octanol–water partition coefficient (Wildman–Crippen LogP) is 3.70. The molecule has 1 amide bonds. The molecule has 0 aliphatic carbocycles. The first-order valence-electron chi connectivity index (χ1n) is 6.60. The van der Waals surface area contributed by atoms with Crippen molar-refractivity contribution in [2.75, 3.05) is 12.3 Å². The van der Waals surface area contributed by atoms with Crippen molar-refractivity contribution in [2.45, 2.75) is 44.9 Å². The minimum absolute atomic E-state index is 0.166. The van der Waals surface area contributed by atoms with E-state index in [1.165, 1.54) is 16.0 Å². The monoisotopic (exact) mass is 265 g/mol. The predicted molar refractivity (Wildman–Crippen MR) is 79.2 cm³/mol. The first kappa shape index (κ1) is 15.1. The maximum atomic E-state index is 11.5. The molecule has 2 nitrogen and oxygen atoms in total. The molecule has 0 bridgehead atoms. The van der Waals surface area contributed by atoms with Gasteiger partial charge in [-0.1, -0.05) is 19.4 Å². The van der Waals surface area contributed by atoms with Crippen molar-refractivity contribution in [3.8, 4) is 0 Å².